The van der Waals surface area contributed by atoms with Gasteiger partial charge >= 0.3 is 0 Å². The number of benzene rings is 1. The Bertz CT molecular complexity index is 733. The summed E-state index contributed by atoms with van der Waals surface area (Å²) < 4.78 is 13.1. The van der Waals surface area contributed by atoms with Crippen LogP contribution in [0.15, 0.2) is 35.6 Å². The van der Waals surface area contributed by atoms with Crippen molar-refractivity contribution in [1.82, 2.24) is 20.4 Å². The van der Waals surface area contributed by atoms with Gasteiger partial charge in [0.2, 0.25) is 0 Å². The van der Waals surface area contributed by atoms with E-state index in [0.717, 1.165) is 30.2 Å². The van der Waals surface area contributed by atoms with E-state index >= 15 is 0 Å². The van der Waals surface area contributed by atoms with Crippen molar-refractivity contribution in [2.45, 2.75) is 26.8 Å². The lowest BCUT2D eigenvalue weighted by Gasteiger charge is -2.15. The zero-order chi connectivity index (χ0) is 19.5. The maximum atomic E-state index is 5.89. The highest BCUT2D eigenvalue weighted by atomic mass is 127. The number of nitrogens with one attached hydrogen (secondary N) is 2. The Labute approximate surface area is 184 Å². The van der Waals surface area contributed by atoms with Crippen LogP contribution in [0.3, 0.4) is 0 Å². The fraction of sp³-hybridized carbons (Fsp3) is 0.500. The molecule has 7 nitrogen and oxygen atoms in total. The van der Waals surface area contributed by atoms with Crippen LogP contribution in [-0.2, 0) is 24.8 Å². The summed E-state index contributed by atoms with van der Waals surface area (Å²) in [5, 5.41) is 10.9. The molecule has 0 saturated carbocycles. The number of hydrogen-bond acceptors (Lipinski definition) is 4. The molecule has 0 spiro atoms. The van der Waals surface area contributed by atoms with E-state index < -0.39 is 0 Å². The molecule has 2 aromatic rings. The number of guanidine groups is 1. The van der Waals surface area contributed by atoms with E-state index in [4.69, 9.17) is 9.47 Å². The molecular weight excluding hydrogens is 469 g/mol. The molecule has 0 bridgehead atoms. The number of ether oxygens (including phenoxy) is 2. The molecule has 2 rings (SSSR count). The first-order valence-corrected chi connectivity index (χ1v) is 9.34. The Morgan fingerprint density at radius 3 is 2.75 bits per heavy atom. The highest BCUT2D eigenvalue weighted by Crippen LogP contribution is 2.20. The highest BCUT2D eigenvalue weighted by molar-refractivity contribution is 14.0. The summed E-state index contributed by atoms with van der Waals surface area (Å²) in [6.45, 7) is 7.30. The Balaban J connectivity index is 0.00000392. The lowest BCUT2D eigenvalue weighted by atomic mass is 10.1. The van der Waals surface area contributed by atoms with E-state index in [1.807, 2.05) is 31.0 Å². The molecule has 0 saturated heterocycles. The average molecular weight is 501 g/mol. The van der Waals surface area contributed by atoms with Crippen molar-refractivity contribution in [1.29, 1.82) is 0 Å². The first-order chi connectivity index (χ1) is 13.1. The van der Waals surface area contributed by atoms with Gasteiger partial charge in [0.25, 0.3) is 0 Å². The predicted octanol–water partition coefficient (Wildman–Crippen LogP) is 2.67. The van der Waals surface area contributed by atoms with Gasteiger partial charge in [0.05, 0.1) is 12.8 Å². The normalized spacial score (nSPS) is 11.1. The third-order valence-corrected chi connectivity index (χ3v) is 4.05. The fourth-order valence-corrected chi connectivity index (χ4v) is 2.62. The SMILES string of the molecule is CCOCCOc1cc(C)ccc1CNC(=NC)NCCc1cnn(C)c1.I. The fourth-order valence-electron chi connectivity index (χ4n) is 2.62. The first kappa shape index (κ1) is 24.2. The van der Waals surface area contributed by atoms with E-state index in [0.29, 0.717) is 26.4 Å². The van der Waals surface area contributed by atoms with Crippen LogP contribution >= 0.6 is 24.0 Å². The van der Waals surface area contributed by atoms with Crippen molar-refractivity contribution in [3.63, 3.8) is 0 Å². The molecule has 0 amide bonds. The number of halogens is 1. The second-order valence-corrected chi connectivity index (χ2v) is 6.28. The summed E-state index contributed by atoms with van der Waals surface area (Å²) in [6.07, 6.45) is 4.80. The summed E-state index contributed by atoms with van der Waals surface area (Å²) in [5.74, 6) is 1.65. The minimum Gasteiger partial charge on any atom is -0.491 e. The van der Waals surface area contributed by atoms with Crippen LogP contribution in [0.1, 0.15) is 23.6 Å². The summed E-state index contributed by atoms with van der Waals surface area (Å²) in [5.41, 5.74) is 3.46. The van der Waals surface area contributed by atoms with Crippen molar-refractivity contribution in [2.24, 2.45) is 12.0 Å². The monoisotopic (exact) mass is 501 g/mol. The van der Waals surface area contributed by atoms with Crippen molar-refractivity contribution in [2.75, 3.05) is 33.4 Å². The molecule has 0 aliphatic heterocycles. The second kappa shape index (κ2) is 13.4. The van der Waals surface area contributed by atoms with E-state index in [1.54, 1.807) is 7.05 Å². The number of nitrogens with zero attached hydrogens (tertiary/aromatic N) is 3. The number of aryl methyl sites for hydroxylation is 2. The van der Waals surface area contributed by atoms with Crippen molar-refractivity contribution in [3.8, 4) is 5.75 Å². The molecule has 1 aromatic heterocycles. The number of hydrogen-bond donors (Lipinski definition) is 2. The molecule has 1 heterocycles. The van der Waals surface area contributed by atoms with Gasteiger partial charge in [-0.3, -0.25) is 9.67 Å². The average Bonchev–Trinajstić information content (AvgIpc) is 3.08. The Morgan fingerprint density at radius 2 is 2.07 bits per heavy atom. The van der Waals surface area contributed by atoms with E-state index in [2.05, 4.69) is 45.8 Å². The van der Waals surface area contributed by atoms with E-state index in [-0.39, 0.29) is 24.0 Å². The molecule has 8 heteroatoms. The van der Waals surface area contributed by atoms with Crippen LogP contribution in [0.5, 0.6) is 5.75 Å². The van der Waals surface area contributed by atoms with Crippen molar-refractivity contribution < 1.29 is 9.47 Å². The number of aliphatic imine (C=N–C) groups is 1. The minimum atomic E-state index is 0. The summed E-state index contributed by atoms with van der Waals surface area (Å²) >= 11 is 0. The van der Waals surface area contributed by atoms with Crippen LogP contribution in [0.2, 0.25) is 0 Å². The third-order valence-electron chi connectivity index (χ3n) is 4.05. The summed E-state index contributed by atoms with van der Waals surface area (Å²) in [4.78, 5) is 4.29. The molecule has 0 unspecified atom stereocenters. The predicted molar refractivity (Wildman–Crippen MR) is 124 cm³/mol. The van der Waals surface area contributed by atoms with Crippen LogP contribution in [-0.4, -0.2) is 49.2 Å². The molecule has 2 N–H and O–H groups in total. The molecule has 156 valence electrons. The topological polar surface area (TPSA) is 72.7 Å². The Kier molecular flexibility index (Phi) is 11.6. The largest absolute Gasteiger partial charge is 0.491 e. The van der Waals surface area contributed by atoms with Gasteiger partial charge in [0.15, 0.2) is 5.96 Å². The van der Waals surface area contributed by atoms with Crippen LogP contribution in [0, 0.1) is 6.92 Å². The third kappa shape index (κ3) is 8.47. The zero-order valence-electron chi connectivity index (χ0n) is 17.2. The Morgan fingerprint density at radius 1 is 1.25 bits per heavy atom. The first-order valence-electron chi connectivity index (χ1n) is 9.34. The highest BCUT2D eigenvalue weighted by Gasteiger charge is 2.06. The van der Waals surface area contributed by atoms with Gasteiger partial charge in [0, 0.05) is 45.6 Å². The van der Waals surface area contributed by atoms with Gasteiger partial charge in [-0.1, -0.05) is 12.1 Å². The minimum absolute atomic E-state index is 0. The van der Waals surface area contributed by atoms with Crippen molar-refractivity contribution >= 4 is 29.9 Å². The van der Waals surface area contributed by atoms with Crippen LogP contribution in [0.25, 0.3) is 0 Å². The molecule has 0 atom stereocenters. The molecule has 0 aliphatic carbocycles. The van der Waals surface area contributed by atoms with Gasteiger partial charge in [-0.2, -0.15) is 5.10 Å². The van der Waals surface area contributed by atoms with E-state index in [1.165, 1.54) is 11.1 Å². The lowest BCUT2D eigenvalue weighted by Crippen LogP contribution is -2.37. The summed E-state index contributed by atoms with van der Waals surface area (Å²) in [7, 11) is 3.70. The molecular formula is C20H32IN5O2. The quantitative estimate of drug-likeness (QED) is 0.227. The van der Waals surface area contributed by atoms with Gasteiger partial charge in [-0.25, -0.2) is 0 Å². The number of rotatable bonds is 10. The molecule has 1 aromatic carbocycles. The molecule has 0 fully saturated rings. The standard InChI is InChI=1S/C20H31N5O2.HI/c1-5-26-10-11-27-19-12-16(2)6-7-18(19)14-23-20(21-3)22-9-8-17-13-24-25(4)15-17;/h6-7,12-13,15H,5,8-11,14H2,1-4H3,(H2,21,22,23);1H. The smallest absolute Gasteiger partial charge is 0.191 e. The van der Waals surface area contributed by atoms with Gasteiger partial charge in [-0.15, -0.1) is 24.0 Å². The zero-order valence-corrected chi connectivity index (χ0v) is 19.5. The van der Waals surface area contributed by atoms with Gasteiger partial charge < -0.3 is 20.1 Å². The maximum absolute atomic E-state index is 5.89. The second-order valence-electron chi connectivity index (χ2n) is 6.28. The van der Waals surface area contributed by atoms with Crippen LogP contribution in [0.4, 0.5) is 0 Å². The van der Waals surface area contributed by atoms with Gasteiger partial charge in [-0.05, 0) is 37.5 Å². The molecule has 0 aliphatic rings. The Hall–Kier alpha value is -1.81. The summed E-state index contributed by atoms with van der Waals surface area (Å²) in [6, 6.07) is 6.23. The van der Waals surface area contributed by atoms with Crippen LogP contribution < -0.4 is 15.4 Å². The molecule has 0 radical (unpaired) electrons. The maximum Gasteiger partial charge on any atom is 0.191 e. The molecule has 28 heavy (non-hydrogen) atoms. The lowest BCUT2D eigenvalue weighted by molar-refractivity contribution is 0.110. The van der Waals surface area contributed by atoms with Crippen molar-refractivity contribution in [3.05, 3.63) is 47.3 Å². The van der Waals surface area contributed by atoms with E-state index in [9.17, 15) is 0 Å². The number of aromatic nitrogens is 2. The van der Waals surface area contributed by atoms with Gasteiger partial charge in [0.1, 0.15) is 12.4 Å².